The van der Waals surface area contributed by atoms with Crippen molar-refractivity contribution in [2.45, 2.75) is 6.04 Å². The van der Waals surface area contributed by atoms with E-state index in [0.29, 0.717) is 5.89 Å². The Balaban J connectivity index is 1.52. The molecule has 0 radical (unpaired) electrons. The van der Waals surface area contributed by atoms with Crippen LogP contribution < -0.4 is 5.32 Å². The van der Waals surface area contributed by atoms with Crippen LogP contribution in [0.15, 0.2) is 28.8 Å². The number of benzene rings is 1. The van der Waals surface area contributed by atoms with Gasteiger partial charge in [0.15, 0.2) is 5.82 Å². The first-order chi connectivity index (χ1) is 11.3. The van der Waals surface area contributed by atoms with Gasteiger partial charge in [-0.1, -0.05) is 17.3 Å². The van der Waals surface area contributed by atoms with Crippen molar-refractivity contribution in [1.29, 1.82) is 0 Å². The van der Waals surface area contributed by atoms with E-state index in [-0.39, 0.29) is 6.04 Å². The van der Waals surface area contributed by atoms with E-state index in [9.17, 15) is 0 Å². The molecule has 0 spiro atoms. The van der Waals surface area contributed by atoms with Crippen LogP contribution in [0.25, 0.3) is 22.4 Å². The van der Waals surface area contributed by atoms with Gasteiger partial charge in [-0.25, -0.2) is 4.98 Å². The van der Waals surface area contributed by atoms with Crippen molar-refractivity contribution in [3.63, 3.8) is 0 Å². The fourth-order valence-corrected chi connectivity index (χ4v) is 3.52. The Bertz CT molecular complexity index is 807. The summed E-state index contributed by atoms with van der Waals surface area (Å²) in [7, 11) is 2.08. The van der Waals surface area contributed by atoms with E-state index < -0.39 is 0 Å². The standard InChI is InChI=1S/C16H17N5OS/c1-21-9-8-17-10-12(21)16-19-14(22-20-16)6-7-15-18-11-4-2-3-5-13(11)23-15/h2-7,12,17H,8-10H2,1H3/b7-6+. The normalized spacial score (nSPS) is 19.8. The highest BCUT2D eigenvalue weighted by Gasteiger charge is 2.24. The highest BCUT2D eigenvalue weighted by atomic mass is 32.1. The summed E-state index contributed by atoms with van der Waals surface area (Å²) in [6.07, 6.45) is 3.75. The molecular weight excluding hydrogens is 310 g/mol. The highest BCUT2D eigenvalue weighted by Crippen LogP contribution is 2.23. The van der Waals surface area contributed by atoms with Gasteiger partial charge in [0.1, 0.15) is 5.01 Å². The molecule has 4 rings (SSSR count). The number of rotatable bonds is 3. The van der Waals surface area contributed by atoms with E-state index >= 15 is 0 Å². The van der Waals surface area contributed by atoms with Gasteiger partial charge in [0, 0.05) is 25.7 Å². The number of aromatic nitrogens is 3. The molecule has 0 bridgehead atoms. The predicted octanol–water partition coefficient (Wildman–Crippen LogP) is 2.43. The summed E-state index contributed by atoms with van der Waals surface area (Å²) in [6.45, 7) is 2.82. The fraction of sp³-hybridized carbons (Fsp3) is 0.312. The van der Waals surface area contributed by atoms with Gasteiger partial charge in [-0.05, 0) is 25.3 Å². The largest absolute Gasteiger partial charge is 0.335 e. The van der Waals surface area contributed by atoms with Crippen LogP contribution in [0, 0.1) is 0 Å². The van der Waals surface area contributed by atoms with E-state index in [4.69, 9.17) is 4.52 Å². The maximum Gasteiger partial charge on any atom is 0.250 e. The van der Waals surface area contributed by atoms with Crippen LogP contribution in [0.1, 0.15) is 22.8 Å². The number of para-hydroxylation sites is 1. The molecular formula is C16H17N5OS. The number of likely N-dealkylation sites (N-methyl/N-ethyl adjacent to an activating group) is 1. The maximum atomic E-state index is 5.34. The molecule has 1 atom stereocenters. The lowest BCUT2D eigenvalue weighted by atomic mass is 10.2. The Morgan fingerprint density at radius 1 is 1.30 bits per heavy atom. The lowest BCUT2D eigenvalue weighted by Crippen LogP contribution is -2.44. The third-order valence-corrected chi connectivity index (χ3v) is 4.95. The molecule has 1 aromatic carbocycles. The molecule has 3 heterocycles. The molecule has 1 fully saturated rings. The molecule has 0 aliphatic carbocycles. The van der Waals surface area contributed by atoms with E-state index in [1.165, 1.54) is 4.70 Å². The van der Waals surface area contributed by atoms with Gasteiger partial charge in [-0.3, -0.25) is 4.90 Å². The van der Waals surface area contributed by atoms with Crippen molar-refractivity contribution in [3.8, 4) is 0 Å². The van der Waals surface area contributed by atoms with Crippen LogP contribution in [0.2, 0.25) is 0 Å². The number of hydrogen-bond acceptors (Lipinski definition) is 7. The second-order valence-corrected chi connectivity index (χ2v) is 6.61. The van der Waals surface area contributed by atoms with Crippen molar-refractivity contribution in [2.24, 2.45) is 0 Å². The average Bonchev–Trinajstić information content (AvgIpc) is 3.19. The van der Waals surface area contributed by atoms with Crippen LogP contribution in [0.4, 0.5) is 0 Å². The summed E-state index contributed by atoms with van der Waals surface area (Å²) in [5.74, 6) is 1.24. The summed E-state index contributed by atoms with van der Waals surface area (Å²) < 4.78 is 6.51. The third kappa shape index (κ3) is 3.03. The minimum Gasteiger partial charge on any atom is -0.335 e. The summed E-state index contributed by atoms with van der Waals surface area (Å²) in [5.41, 5.74) is 1.01. The van der Waals surface area contributed by atoms with Gasteiger partial charge in [-0.15, -0.1) is 11.3 Å². The zero-order chi connectivity index (χ0) is 15.6. The van der Waals surface area contributed by atoms with E-state index in [2.05, 4.69) is 38.5 Å². The van der Waals surface area contributed by atoms with Crippen LogP contribution in [-0.2, 0) is 0 Å². The van der Waals surface area contributed by atoms with E-state index in [1.807, 2.05) is 30.4 Å². The molecule has 2 aromatic heterocycles. The number of fused-ring (bicyclic) bond motifs is 1. The Hall–Kier alpha value is -2.09. The van der Waals surface area contributed by atoms with Gasteiger partial charge in [0.25, 0.3) is 5.89 Å². The second-order valence-electron chi connectivity index (χ2n) is 5.54. The first-order valence-corrected chi connectivity index (χ1v) is 8.39. The van der Waals surface area contributed by atoms with Crippen molar-refractivity contribution in [1.82, 2.24) is 25.3 Å². The van der Waals surface area contributed by atoms with Crippen LogP contribution >= 0.6 is 11.3 Å². The Labute approximate surface area is 137 Å². The molecule has 0 saturated carbocycles. The lowest BCUT2D eigenvalue weighted by molar-refractivity contribution is 0.190. The van der Waals surface area contributed by atoms with Gasteiger partial charge in [0.2, 0.25) is 0 Å². The molecule has 1 saturated heterocycles. The van der Waals surface area contributed by atoms with Gasteiger partial charge >= 0.3 is 0 Å². The number of thiazole rings is 1. The quantitative estimate of drug-likeness (QED) is 0.797. The topological polar surface area (TPSA) is 67.1 Å². The zero-order valence-electron chi connectivity index (χ0n) is 12.8. The highest BCUT2D eigenvalue weighted by molar-refractivity contribution is 7.19. The number of hydrogen-bond donors (Lipinski definition) is 1. The minimum atomic E-state index is 0.164. The van der Waals surface area contributed by atoms with Crippen molar-refractivity contribution < 1.29 is 4.52 Å². The molecule has 3 aromatic rings. The Morgan fingerprint density at radius 2 is 2.22 bits per heavy atom. The van der Waals surface area contributed by atoms with Crippen LogP contribution in [-0.4, -0.2) is 46.7 Å². The summed E-state index contributed by atoms with van der Waals surface area (Å²) in [5, 5.41) is 8.40. The summed E-state index contributed by atoms with van der Waals surface area (Å²) in [4.78, 5) is 11.3. The van der Waals surface area contributed by atoms with Crippen LogP contribution in [0.3, 0.4) is 0 Å². The first kappa shape index (κ1) is 14.5. The zero-order valence-corrected chi connectivity index (χ0v) is 13.6. The minimum absolute atomic E-state index is 0.164. The molecule has 1 aliphatic heterocycles. The number of nitrogens with zero attached hydrogens (tertiary/aromatic N) is 4. The van der Waals surface area contributed by atoms with Gasteiger partial charge in [-0.2, -0.15) is 4.98 Å². The molecule has 23 heavy (non-hydrogen) atoms. The average molecular weight is 327 g/mol. The molecule has 0 amide bonds. The monoisotopic (exact) mass is 327 g/mol. The van der Waals surface area contributed by atoms with Crippen molar-refractivity contribution in [2.75, 3.05) is 26.7 Å². The second kappa shape index (κ2) is 6.19. The molecule has 118 valence electrons. The molecule has 1 unspecified atom stereocenters. The van der Waals surface area contributed by atoms with Crippen LogP contribution in [0.5, 0.6) is 0 Å². The van der Waals surface area contributed by atoms with Gasteiger partial charge in [0.05, 0.1) is 16.3 Å². The first-order valence-electron chi connectivity index (χ1n) is 7.58. The summed E-state index contributed by atoms with van der Waals surface area (Å²) >= 11 is 1.65. The van der Waals surface area contributed by atoms with Gasteiger partial charge < -0.3 is 9.84 Å². The molecule has 6 nitrogen and oxygen atoms in total. The number of piperazine rings is 1. The Kier molecular flexibility index (Phi) is 3.90. The predicted molar refractivity (Wildman–Crippen MR) is 91.1 cm³/mol. The fourth-order valence-electron chi connectivity index (χ4n) is 2.65. The molecule has 1 N–H and O–H groups in total. The van der Waals surface area contributed by atoms with E-state index in [0.717, 1.165) is 36.0 Å². The van der Waals surface area contributed by atoms with E-state index in [1.54, 1.807) is 11.3 Å². The summed E-state index contributed by atoms with van der Waals surface area (Å²) in [6, 6.07) is 8.26. The lowest BCUT2D eigenvalue weighted by Gasteiger charge is -2.30. The van der Waals surface area contributed by atoms with Crippen molar-refractivity contribution >= 4 is 33.7 Å². The smallest absolute Gasteiger partial charge is 0.250 e. The maximum absolute atomic E-state index is 5.34. The SMILES string of the molecule is CN1CCNCC1c1noc(/C=C/c2nc3ccccc3s2)n1. The molecule has 1 aliphatic rings. The molecule has 7 heteroatoms. The van der Waals surface area contributed by atoms with Crippen molar-refractivity contribution in [3.05, 3.63) is 41.0 Å². The Morgan fingerprint density at radius 3 is 3.09 bits per heavy atom. The third-order valence-electron chi connectivity index (χ3n) is 3.95. The number of nitrogens with one attached hydrogen (secondary N) is 1.